The highest BCUT2D eigenvalue weighted by Crippen LogP contribution is 2.26. The molecule has 0 aliphatic heterocycles. The summed E-state index contributed by atoms with van der Waals surface area (Å²) >= 11 is 0. The van der Waals surface area contributed by atoms with Crippen molar-refractivity contribution in [3.05, 3.63) is 42.2 Å². The molecule has 2 aromatic rings. The Kier molecular flexibility index (Phi) is 4.53. The number of aromatic nitrogens is 3. The summed E-state index contributed by atoms with van der Waals surface area (Å²) in [6, 6.07) is 9.49. The number of Topliss-reactive ketones (excluding diaryl/α,β-unsaturated/α-hetero) is 1. The summed E-state index contributed by atoms with van der Waals surface area (Å²) in [5.74, 6) is -0.0989. The highest BCUT2D eigenvalue weighted by molar-refractivity contribution is 5.98. The van der Waals surface area contributed by atoms with Gasteiger partial charge < -0.3 is 4.74 Å². The molecule has 0 fully saturated rings. The Labute approximate surface area is 124 Å². The minimum atomic E-state index is -0.525. The van der Waals surface area contributed by atoms with Crippen molar-refractivity contribution in [3.8, 4) is 5.69 Å². The van der Waals surface area contributed by atoms with Gasteiger partial charge in [-0.25, -0.2) is 4.68 Å². The van der Waals surface area contributed by atoms with Crippen LogP contribution in [0.2, 0.25) is 0 Å². The third-order valence-electron chi connectivity index (χ3n) is 3.16. The van der Waals surface area contributed by atoms with Gasteiger partial charge in [-0.15, -0.1) is 5.10 Å². The standard InChI is InChI=1S/C16H21N3O2/c1-5-21-15(16(2,3)4)14(20)13-11-17-18-19(13)12-9-7-6-8-10-12/h6-11,15H,5H2,1-4H3. The number of nitrogens with zero attached hydrogens (tertiary/aromatic N) is 3. The van der Waals surface area contributed by atoms with E-state index in [1.807, 2.05) is 58.0 Å². The maximum absolute atomic E-state index is 12.8. The Morgan fingerprint density at radius 2 is 1.95 bits per heavy atom. The average Bonchev–Trinajstić information content (AvgIpc) is 2.93. The molecule has 1 aromatic heterocycles. The summed E-state index contributed by atoms with van der Waals surface area (Å²) in [6.07, 6.45) is 0.969. The molecule has 0 amide bonds. The molecule has 0 aliphatic carbocycles. The van der Waals surface area contributed by atoms with Crippen LogP contribution in [0.25, 0.3) is 5.69 Å². The van der Waals surface area contributed by atoms with E-state index in [4.69, 9.17) is 4.74 Å². The first-order chi connectivity index (χ1) is 9.95. The van der Waals surface area contributed by atoms with Crippen molar-refractivity contribution >= 4 is 5.78 Å². The van der Waals surface area contributed by atoms with Crippen molar-refractivity contribution in [1.82, 2.24) is 15.0 Å². The van der Waals surface area contributed by atoms with Crippen LogP contribution in [-0.4, -0.2) is 33.5 Å². The molecule has 0 radical (unpaired) electrons. The van der Waals surface area contributed by atoms with Gasteiger partial charge in [0.25, 0.3) is 0 Å². The Bertz CT molecular complexity index is 599. The van der Waals surface area contributed by atoms with Crippen LogP contribution < -0.4 is 0 Å². The van der Waals surface area contributed by atoms with E-state index in [1.54, 1.807) is 4.68 Å². The zero-order chi connectivity index (χ0) is 15.5. The zero-order valence-corrected chi connectivity index (χ0v) is 12.9. The van der Waals surface area contributed by atoms with Gasteiger partial charge in [-0.05, 0) is 24.5 Å². The van der Waals surface area contributed by atoms with Crippen LogP contribution in [0.4, 0.5) is 0 Å². The van der Waals surface area contributed by atoms with Crippen LogP contribution in [0, 0.1) is 5.41 Å². The summed E-state index contributed by atoms with van der Waals surface area (Å²) in [7, 11) is 0. The van der Waals surface area contributed by atoms with Crippen LogP contribution >= 0.6 is 0 Å². The number of hydrogen-bond acceptors (Lipinski definition) is 4. The second-order valence-corrected chi connectivity index (χ2v) is 5.93. The van der Waals surface area contributed by atoms with Gasteiger partial charge in [0.1, 0.15) is 11.8 Å². The number of para-hydroxylation sites is 1. The van der Waals surface area contributed by atoms with Gasteiger partial charge in [-0.1, -0.05) is 44.2 Å². The van der Waals surface area contributed by atoms with Crippen molar-refractivity contribution in [2.45, 2.75) is 33.8 Å². The molecular formula is C16H21N3O2. The lowest BCUT2D eigenvalue weighted by molar-refractivity contribution is -0.000752. The van der Waals surface area contributed by atoms with E-state index in [0.717, 1.165) is 5.69 Å². The second kappa shape index (κ2) is 6.18. The number of carbonyl (C=O) groups is 1. The zero-order valence-electron chi connectivity index (χ0n) is 12.9. The Balaban J connectivity index is 2.38. The van der Waals surface area contributed by atoms with Gasteiger partial charge in [0.2, 0.25) is 5.78 Å². The lowest BCUT2D eigenvalue weighted by atomic mass is 9.85. The van der Waals surface area contributed by atoms with E-state index in [9.17, 15) is 4.79 Å². The van der Waals surface area contributed by atoms with Gasteiger partial charge in [0.05, 0.1) is 11.9 Å². The Morgan fingerprint density at radius 3 is 2.52 bits per heavy atom. The fourth-order valence-corrected chi connectivity index (χ4v) is 2.18. The molecule has 0 aliphatic rings. The number of hydrogen-bond donors (Lipinski definition) is 0. The van der Waals surface area contributed by atoms with E-state index in [1.165, 1.54) is 6.20 Å². The third-order valence-corrected chi connectivity index (χ3v) is 3.16. The van der Waals surface area contributed by atoms with Crippen LogP contribution in [0.5, 0.6) is 0 Å². The number of benzene rings is 1. The lowest BCUT2D eigenvalue weighted by Gasteiger charge is -2.28. The van der Waals surface area contributed by atoms with Crippen molar-refractivity contribution in [2.24, 2.45) is 5.41 Å². The van der Waals surface area contributed by atoms with Gasteiger partial charge in [0.15, 0.2) is 0 Å². The summed E-state index contributed by atoms with van der Waals surface area (Å²) in [5, 5.41) is 7.90. The minimum Gasteiger partial charge on any atom is -0.370 e. The minimum absolute atomic E-state index is 0.0989. The molecule has 1 aromatic carbocycles. The van der Waals surface area contributed by atoms with Crippen LogP contribution in [0.3, 0.4) is 0 Å². The number of ether oxygens (including phenoxy) is 1. The molecule has 0 saturated heterocycles. The highest BCUT2D eigenvalue weighted by Gasteiger charge is 2.34. The summed E-state index contributed by atoms with van der Waals surface area (Å²) in [5.41, 5.74) is 0.955. The van der Waals surface area contributed by atoms with Gasteiger partial charge in [-0.3, -0.25) is 4.79 Å². The first-order valence-corrected chi connectivity index (χ1v) is 7.07. The molecule has 1 unspecified atom stereocenters. The molecule has 1 heterocycles. The fraction of sp³-hybridized carbons (Fsp3) is 0.438. The monoisotopic (exact) mass is 287 g/mol. The molecule has 5 heteroatoms. The predicted octanol–water partition coefficient (Wildman–Crippen LogP) is 2.90. The summed E-state index contributed by atoms with van der Waals surface area (Å²) < 4.78 is 7.22. The highest BCUT2D eigenvalue weighted by atomic mass is 16.5. The second-order valence-electron chi connectivity index (χ2n) is 5.93. The van der Waals surface area contributed by atoms with Crippen LogP contribution in [-0.2, 0) is 4.74 Å². The van der Waals surface area contributed by atoms with Gasteiger partial charge in [0, 0.05) is 6.61 Å². The number of ketones is 1. The summed E-state index contributed by atoms with van der Waals surface area (Å²) in [6.45, 7) is 8.34. The molecule has 1 atom stereocenters. The Hall–Kier alpha value is -2.01. The topological polar surface area (TPSA) is 57.0 Å². The van der Waals surface area contributed by atoms with E-state index in [2.05, 4.69) is 10.3 Å². The quantitative estimate of drug-likeness (QED) is 0.793. The van der Waals surface area contributed by atoms with Crippen molar-refractivity contribution in [3.63, 3.8) is 0 Å². The lowest BCUT2D eigenvalue weighted by Crippen LogP contribution is -2.38. The van der Waals surface area contributed by atoms with Crippen molar-refractivity contribution in [2.75, 3.05) is 6.61 Å². The Morgan fingerprint density at radius 1 is 1.29 bits per heavy atom. The maximum Gasteiger partial charge on any atom is 0.212 e. The smallest absolute Gasteiger partial charge is 0.212 e. The molecule has 0 bridgehead atoms. The maximum atomic E-state index is 12.8. The van der Waals surface area contributed by atoms with E-state index >= 15 is 0 Å². The normalized spacial score (nSPS) is 13.1. The molecule has 112 valence electrons. The number of carbonyl (C=O) groups excluding carboxylic acids is 1. The van der Waals surface area contributed by atoms with E-state index in [0.29, 0.717) is 12.3 Å². The predicted molar refractivity (Wildman–Crippen MR) is 80.6 cm³/mol. The molecule has 0 spiro atoms. The van der Waals surface area contributed by atoms with E-state index in [-0.39, 0.29) is 11.2 Å². The molecule has 0 N–H and O–H groups in total. The third kappa shape index (κ3) is 3.36. The first kappa shape index (κ1) is 15.4. The van der Waals surface area contributed by atoms with Crippen LogP contribution in [0.15, 0.2) is 36.5 Å². The summed E-state index contributed by atoms with van der Waals surface area (Å²) in [4.78, 5) is 12.8. The fourth-order valence-electron chi connectivity index (χ4n) is 2.18. The first-order valence-electron chi connectivity index (χ1n) is 7.07. The van der Waals surface area contributed by atoms with E-state index < -0.39 is 6.10 Å². The van der Waals surface area contributed by atoms with Crippen LogP contribution in [0.1, 0.15) is 38.2 Å². The van der Waals surface area contributed by atoms with Gasteiger partial charge in [-0.2, -0.15) is 0 Å². The molecular weight excluding hydrogens is 266 g/mol. The molecule has 2 rings (SSSR count). The SMILES string of the molecule is CCOC(C(=O)c1cnnn1-c1ccccc1)C(C)(C)C. The number of rotatable bonds is 5. The molecule has 21 heavy (non-hydrogen) atoms. The molecule has 0 saturated carbocycles. The van der Waals surface area contributed by atoms with Crippen molar-refractivity contribution in [1.29, 1.82) is 0 Å². The average molecular weight is 287 g/mol. The molecule has 5 nitrogen and oxygen atoms in total. The largest absolute Gasteiger partial charge is 0.370 e. The van der Waals surface area contributed by atoms with Gasteiger partial charge >= 0.3 is 0 Å². The van der Waals surface area contributed by atoms with Crippen molar-refractivity contribution < 1.29 is 9.53 Å².